The number of rotatable bonds is 8. The molecule has 1 unspecified atom stereocenters. The van der Waals surface area contributed by atoms with E-state index in [0.29, 0.717) is 28.6 Å². The summed E-state index contributed by atoms with van der Waals surface area (Å²) >= 11 is 0. The highest BCUT2D eigenvalue weighted by molar-refractivity contribution is 6.08. The SMILES string of the molecule is COc1nc(-c2ccc3cccc(F)c3c2)ccc1C1(C(C)C)N=C(NNC=O)N(Cc2ccccc2)C1=O. The molecule has 5 rings (SSSR count). The summed E-state index contributed by atoms with van der Waals surface area (Å²) in [7, 11) is 1.49. The number of fused-ring (bicyclic) bond motifs is 1. The van der Waals surface area contributed by atoms with Crippen LogP contribution in [-0.4, -0.2) is 35.3 Å². The smallest absolute Gasteiger partial charge is 0.262 e. The van der Waals surface area contributed by atoms with Crippen molar-refractivity contribution in [2.75, 3.05) is 7.11 Å². The highest BCUT2D eigenvalue weighted by Crippen LogP contribution is 2.44. The molecule has 9 heteroatoms. The number of carbonyl (C=O) groups is 2. The molecule has 2 amide bonds. The van der Waals surface area contributed by atoms with E-state index in [9.17, 15) is 14.0 Å². The molecule has 3 aromatic carbocycles. The predicted octanol–water partition coefficient (Wildman–Crippen LogP) is 4.55. The average Bonchev–Trinajstić information content (AvgIpc) is 3.23. The molecule has 0 saturated carbocycles. The summed E-state index contributed by atoms with van der Waals surface area (Å²) in [4.78, 5) is 36.3. The number of nitrogens with one attached hydrogen (secondary N) is 2. The van der Waals surface area contributed by atoms with Crippen molar-refractivity contribution in [3.63, 3.8) is 0 Å². The first-order valence-electron chi connectivity index (χ1n) is 12.5. The fourth-order valence-corrected chi connectivity index (χ4v) is 4.98. The highest BCUT2D eigenvalue weighted by Gasteiger charge is 2.54. The van der Waals surface area contributed by atoms with E-state index in [4.69, 9.17) is 14.7 Å². The number of hydrogen-bond donors (Lipinski definition) is 2. The zero-order chi connectivity index (χ0) is 27.6. The third kappa shape index (κ3) is 4.56. The van der Waals surface area contributed by atoms with Crippen molar-refractivity contribution in [3.05, 3.63) is 95.8 Å². The summed E-state index contributed by atoms with van der Waals surface area (Å²) in [6, 6.07) is 23.5. The van der Waals surface area contributed by atoms with E-state index in [0.717, 1.165) is 10.9 Å². The molecule has 0 aliphatic carbocycles. The maximum absolute atomic E-state index is 14.5. The van der Waals surface area contributed by atoms with Crippen LogP contribution in [0, 0.1) is 11.7 Å². The Morgan fingerprint density at radius 3 is 2.56 bits per heavy atom. The Morgan fingerprint density at radius 2 is 1.85 bits per heavy atom. The number of hydrogen-bond acceptors (Lipinski definition) is 6. The van der Waals surface area contributed by atoms with Gasteiger partial charge in [-0.2, -0.15) is 0 Å². The van der Waals surface area contributed by atoms with Crippen molar-refractivity contribution < 1.29 is 18.7 Å². The zero-order valence-electron chi connectivity index (χ0n) is 21.8. The van der Waals surface area contributed by atoms with Crippen LogP contribution in [-0.2, 0) is 21.7 Å². The molecule has 198 valence electrons. The summed E-state index contributed by atoms with van der Waals surface area (Å²) in [5.41, 5.74) is 6.44. The molecule has 0 fully saturated rings. The number of halogens is 1. The van der Waals surface area contributed by atoms with Crippen molar-refractivity contribution in [2.24, 2.45) is 10.9 Å². The molecule has 4 aromatic rings. The van der Waals surface area contributed by atoms with E-state index in [2.05, 4.69) is 10.9 Å². The minimum atomic E-state index is -1.37. The first-order valence-corrected chi connectivity index (χ1v) is 12.5. The lowest BCUT2D eigenvalue weighted by molar-refractivity contribution is -0.133. The fraction of sp³-hybridized carbons (Fsp3) is 0.200. The van der Waals surface area contributed by atoms with Gasteiger partial charge in [-0.05, 0) is 41.1 Å². The number of guanidine groups is 1. The number of carbonyl (C=O) groups excluding carboxylic acids is 2. The minimum Gasteiger partial charge on any atom is -0.481 e. The summed E-state index contributed by atoms with van der Waals surface area (Å²) in [6.45, 7) is 4.05. The van der Waals surface area contributed by atoms with Crippen molar-refractivity contribution in [2.45, 2.75) is 25.9 Å². The number of aromatic nitrogens is 1. The maximum Gasteiger partial charge on any atom is 0.262 e. The molecule has 8 nitrogen and oxygen atoms in total. The van der Waals surface area contributed by atoms with Crippen molar-refractivity contribution in [1.29, 1.82) is 0 Å². The second kappa shape index (κ2) is 10.5. The first-order chi connectivity index (χ1) is 18.9. The van der Waals surface area contributed by atoms with E-state index in [1.165, 1.54) is 18.1 Å². The molecule has 39 heavy (non-hydrogen) atoms. The molecule has 1 aliphatic heterocycles. The molecular weight excluding hydrogens is 497 g/mol. The molecule has 0 radical (unpaired) electrons. The quantitative estimate of drug-likeness (QED) is 0.260. The van der Waals surface area contributed by atoms with Gasteiger partial charge in [0.05, 0.1) is 24.9 Å². The van der Waals surface area contributed by atoms with Crippen LogP contribution >= 0.6 is 0 Å². The second-order valence-electron chi connectivity index (χ2n) is 9.55. The molecule has 0 bridgehead atoms. The Hall–Kier alpha value is -4.79. The van der Waals surface area contributed by atoms with Crippen LogP contribution in [0.3, 0.4) is 0 Å². The van der Waals surface area contributed by atoms with Gasteiger partial charge in [0.1, 0.15) is 5.82 Å². The molecule has 1 aliphatic rings. The topological polar surface area (TPSA) is 95.9 Å². The van der Waals surface area contributed by atoms with Crippen LogP contribution in [0.5, 0.6) is 5.88 Å². The normalized spacial score (nSPS) is 16.9. The van der Waals surface area contributed by atoms with E-state index < -0.39 is 5.54 Å². The number of hydrazine groups is 1. The molecule has 0 spiro atoms. The zero-order valence-corrected chi connectivity index (χ0v) is 21.8. The monoisotopic (exact) mass is 525 g/mol. The van der Waals surface area contributed by atoms with Gasteiger partial charge >= 0.3 is 0 Å². The van der Waals surface area contributed by atoms with Crippen LogP contribution in [0.15, 0.2) is 83.9 Å². The first kappa shape index (κ1) is 25.8. The van der Waals surface area contributed by atoms with Gasteiger partial charge in [-0.25, -0.2) is 14.4 Å². The average molecular weight is 526 g/mol. The fourth-order valence-electron chi connectivity index (χ4n) is 4.98. The number of ether oxygens (including phenoxy) is 1. The van der Waals surface area contributed by atoms with E-state index >= 15 is 0 Å². The van der Waals surface area contributed by atoms with Crippen molar-refractivity contribution >= 4 is 29.0 Å². The Bertz CT molecular complexity index is 1570. The largest absolute Gasteiger partial charge is 0.481 e. The lowest BCUT2D eigenvalue weighted by Gasteiger charge is -2.31. The second-order valence-corrected chi connectivity index (χ2v) is 9.55. The van der Waals surface area contributed by atoms with Crippen LogP contribution in [0.2, 0.25) is 0 Å². The van der Waals surface area contributed by atoms with Crippen LogP contribution in [0.1, 0.15) is 25.0 Å². The number of benzene rings is 3. The minimum absolute atomic E-state index is 0.209. The van der Waals surface area contributed by atoms with Gasteiger partial charge in [-0.1, -0.05) is 68.4 Å². The molecule has 1 aromatic heterocycles. The Morgan fingerprint density at radius 1 is 1.05 bits per heavy atom. The summed E-state index contributed by atoms with van der Waals surface area (Å²) in [6.07, 6.45) is 0.479. The van der Waals surface area contributed by atoms with Crippen molar-refractivity contribution in [1.82, 2.24) is 20.7 Å². The molecule has 0 saturated heterocycles. The summed E-state index contributed by atoms with van der Waals surface area (Å²) in [5, 5.41) is 1.28. The lowest BCUT2D eigenvalue weighted by atomic mass is 9.80. The number of nitrogens with zero attached hydrogens (tertiary/aromatic N) is 3. The van der Waals surface area contributed by atoms with Gasteiger partial charge in [0.2, 0.25) is 18.2 Å². The van der Waals surface area contributed by atoms with Crippen LogP contribution in [0.4, 0.5) is 4.39 Å². The lowest BCUT2D eigenvalue weighted by Crippen LogP contribution is -2.48. The number of pyridine rings is 1. The van der Waals surface area contributed by atoms with E-state index in [1.54, 1.807) is 24.3 Å². The summed E-state index contributed by atoms with van der Waals surface area (Å²) < 4.78 is 20.2. The maximum atomic E-state index is 14.5. The number of methoxy groups -OCH3 is 1. The van der Waals surface area contributed by atoms with Gasteiger partial charge in [0, 0.05) is 10.9 Å². The predicted molar refractivity (Wildman–Crippen MR) is 147 cm³/mol. The Kier molecular flexibility index (Phi) is 6.98. The van der Waals surface area contributed by atoms with E-state index in [1.807, 2.05) is 62.4 Å². The van der Waals surface area contributed by atoms with Crippen molar-refractivity contribution in [3.8, 4) is 17.1 Å². The Labute approximate surface area is 225 Å². The summed E-state index contributed by atoms with van der Waals surface area (Å²) in [5.74, 6) is -0.450. The number of amides is 2. The molecular formula is C30H28FN5O3. The van der Waals surface area contributed by atoms with Gasteiger partial charge in [0.25, 0.3) is 5.91 Å². The number of aliphatic imine (C=N–C) groups is 1. The molecule has 2 N–H and O–H groups in total. The van der Waals surface area contributed by atoms with E-state index in [-0.39, 0.29) is 36.0 Å². The van der Waals surface area contributed by atoms with Gasteiger partial charge in [-0.15, -0.1) is 0 Å². The third-order valence-electron chi connectivity index (χ3n) is 6.96. The molecule has 1 atom stereocenters. The Balaban J connectivity index is 1.60. The third-order valence-corrected chi connectivity index (χ3v) is 6.96. The van der Waals surface area contributed by atoms with Crippen LogP contribution in [0.25, 0.3) is 22.0 Å². The van der Waals surface area contributed by atoms with Gasteiger partial charge in [-0.3, -0.25) is 25.3 Å². The highest BCUT2D eigenvalue weighted by atomic mass is 19.1. The standard InChI is InChI=1S/C30H28FN5O3/c1-19(2)30(28(38)36(29(34-30)35-32-18-37)17-20-8-5-4-6-9-20)24-14-15-26(33-27(24)39-3)22-13-12-21-10-7-11-25(31)23(21)16-22/h4-16,18-19H,17H2,1-3H3,(H,32,37)(H,34,35). The van der Waals surface area contributed by atoms with Gasteiger partial charge in [0.15, 0.2) is 5.54 Å². The molecule has 2 heterocycles. The van der Waals surface area contributed by atoms with Crippen LogP contribution < -0.4 is 15.6 Å². The van der Waals surface area contributed by atoms with Gasteiger partial charge < -0.3 is 4.74 Å².